The minimum Gasteiger partial charge on any atom is -0.483 e. The highest BCUT2D eigenvalue weighted by molar-refractivity contribution is 6.45. The summed E-state index contributed by atoms with van der Waals surface area (Å²) in [5.41, 5.74) is 6.96. The second-order valence-electron chi connectivity index (χ2n) is 7.17. The predicted molar refractivity (Wildman–Crippen MR) is 102 cm³/mol. The largest absolute Gasteiger partial charge is 0.483 e. The van der Waals surface area contributed by atoms with E-state index in [0.717, 1.165) is 0 Å². The number of likely N-dealkylation sites (tertiary alicyclic amines) is 1. The first kappa shape index (κ1) is 21.0. The zero-order valence-corrected chi connectivity index (χ0v) is 16.0. The summed E-state index contributed by atoms with van der Waals surface area (Å²) < 4.78 is 25.4. The standard InChI is InChI=1S/C18H23FN6O3/c1-18(2,3)28-17(26)25-8-7-11(10-25)27-15-12(19)5-4-6-13(15)23-24-14(9-20)16(21)22/h4-6,11,23H,7-8,10H2,1-3H3,(H3,21,22)/b24-14+. The molecule has 1 aliphatic heterocycles. The van der Waals surface area contributed by atoms with E-state index in [1.807, 2.05) is 0 Å². The van der Waals surface area contributed by atoms with Gasteiger partial charge in [0, 0.05) is 13.0 Å². The van der Waals surface area contributed by atoms with Gasteiger partial charge in [-0.15, -0.1) is 0 Å². The molecule has 1 heterocycles. The van der Waals surface area contributed by atoms with Crippen LogP contribution in [0.5, 0.6) is 5.75 Å². The second kappa shape index (κ2) is 8.56. The lowest BCUT2D eigenvalue weighted by molar-refractivity contribution is 0.0275. The van der Waals surface area contributed by atoms with Crippen LogP contribution in [0, 0.1) is 22.6 Å². The maximum Gasteiger partial charge on any atom is 0.410 e. The van der Waals surface area contributed by atoms with Gasteiger partial charge in [0.2, 0.25) is 5.71 Å². The first-order valence-corrected chi connectivity index (χ1v) is 8.62. The van der Waals surface area contributed by atoms with Crippen molar-refractivity contribution in [2.45, 2.75) is 38.9 Å². The highest BCUT2D eigenvalue weighted by Crippen LogP contribution is 2.30. The van der Waals surface area contributed by atoms with E-state index in [0.29, 0.717) is 13.0 Å². The number of amides is 1. The van der Waals surface area contributed by atoms with E-state index < -0.39 is 29.5 Å². The van der Waals surface area contributed by atoms with Crippen LogP contribution in [0.2, 0.25) is 0 Å². The average Bonchev–Trinajstić information content (AvgIpc) is 3.05. The number of para-hydroxylation sites is 1. The molecule has 1 unspecified atom stereocenters. The molecular weight excluding hydrogens is 367 g/mol. The van der Waals surface area contributed by atoms with Gasteiger partial charge in [-0.3, -0.25) is 10.8 Å². The molecule has 28 heavy (non-hydrogen) atoms. The smallest absolute Gasteiger partial charge is 0.410 e. The van der Waals surface area contributed by atoms with Crippen molar-refractivity contribution in [2.75, 3.05) is 18.5 Å². The summed E-state index contributed by atoms with van der Waals surface area (Å²) in [5, 5.41) is 19.8. The van der Waals surface area contributed by atoms with Crippen LogP contribution in [-0.2, 0) is 4.74 Å². The van der Waals surface area contributed by atoms with E-state index in [9.17, 15) is 9.18 Å². The Balaban J connectivity index is 2.10. The summed E-state index contributed by atoms with van der Waals surface area (Å²) >= 11 is 0. The molecule has 2 rings (SSSR count). The van der Waals surface area contributed by atoms with Crippen LogP contribution in [0.4, 0.5) is 14.9 Å². The summed E-state index contributed by atoms with van der Waals surface area (Å²) in [6, 6.07) is 5.84. The molecule has 1 aliphatic rings. The lowest BCUT2D eigenvalue weighted by Crippen LogP contribution is -2.36. The predicted octanol–water partition coefficient (Wildman–Crippen LogP) is 2.44. The Bertz CT molecular complexity index is 828. The lowest BCUT2D eigenvalue weighted by atomic mass is 10.2. The van der Waals surface area contributed by atoms with Crippen molar-refractivity contribution in [3.8, 4) is 11.8 Å². The second-order valence-corrected chi connectivity index (χ2v) is 7.17. The average molecular weight is 390 g/mol. The zero-order chi connectivity index (χ0) is 20.9. The number of ether oxygens (including phenoxy) is 2. The maximum absolute atomic E-state index is 14.3. The van der Waals surface area contributed by atoms with Gasteiger partial charge in [0.1, 0.15) is 23.5 Å². The molecule has 0 radical (unpaired) electrons. The highest BCUT2D eigenvalue weighted by atomic mass is 19.1. The van der Waals surface area contributed by atoms with Crippen LogP contribution >= 0.6 is 0 Å². The van der Waals surface area contributed by atoms with Gasteiger partial charge in [-0.05, 0) is 32.9 Å². The molecule has 1 atom stereocenters. The summed E-state index contributed by atoms with van der Waals surface area (Å²) in [7, 11) is 0. The summed E-state index contributed by atoms with van der Waals surface area (Å²) in [4.78, 5) is 13.7. The Hall–Kier alpha value is -3.35. The van der Waals surface area contributed by atoms with E-state index in [2.05, 4.69) is 10.5 Å². The number of anilines is 1. The number of hydrogen-bond donors (Lipinski definition) is 3. The number of benzene rings is 1. The number of carbonyl (C=O) groups is 1. The molecule has 9 nitrogen and oxygen atoms in total. The molecular formula is C18H23FN6O3. The molecule has 1 amide bonds. The first-order chi connectivity index (χ1) is 13.1. The van der Waals surface area contributed by atoms with Gasteiger partial charge in [0.15, 0.2) is 17.4 Å². The molecule has 150 valence electrons. The van der Waals surface area contributed by atoms with E-state index in [-0.39, 0.29) is 23.7 Å². The van der Waals surface area contributed by atoms with E-state index in [4.69, 9.17) is 25.9 Å². The number of nitriles is 1. The van der Waals surface area contributed by atoms with Crippen molar-refractivity contribution in [1.82, 2.24) is 4.90 Å². The van der Waals surface area contributed by atoms with Crippen molar-refractivity contribution in [1.29, 1.82) is 10.7 Å². The number of nitrogens with zero attached hydrogens (tertiary/aromatic N) is 3. The first-order valence-electron chi connectivity index (χ1n) is 8.62. The molecule has 1 aromatic rings. The summed E-state index contributed by atoms with van der Waals surface area (Å²) in [5.74, 6) is -1.24. The number of rotatable bonds is 5. The van der Waals surface area contributed by atoms with Crippen molar-refractivity contribution in [3.63, 3.8) is 0 Å². The molecule has 1 aromatic carbocycles. The molecule has 0 spiro atoms. The molecule has 0 bridgehead atoms. The lowest BCUT2D eigenvalue weighted by Gasteiger charge is -2.24. The SMILES string of the molecule is CC(C)(C)OC(=O)N1CCC(Oc2c(F)cccc2N/N=C(\C#N)C(=N)N)C1. The molecule has 0 aliphatic carbocycles. The Labute approximate surface area is 162 Å². The number of carbonyl (C=O) groups excluding carboxylic acids is 1. The fraction of sp³-hybridized carbons (Fsp3) is 0.444. The summed E-state index contributed by atoms with van der Waals surface area (Å²) in [6.07, 6.45) is -0.375. The monoisotopic (exact) mass is 390 g/mol. The van der Waals surface area contributed by atoms with E-state index >= 15 is 0 Å². The third kappa shape index (κ3) is 5.57. The van der Waals surface area contributed by atoms with Gasteiger partial charge in [-0.2, -0.15) is 10.4 Å². The van der Waals surface area contributed by atoms with Crippen LogP contribution < -0.4 is 15.9 Å². The fourth-order valence-corrected chi connectivity index (χ4v) is 2.46. The maximum atomic E-state index is 14.3. The quantitative estimate of drug-likeness (QED) is 0.401. The molecule has 0 saturated carbocycles. The van der Waals surface area contributed by atoms with Gasteiger partial charge >= 0.3 is 6.09 Å². The van der Waals surface area contributed by atoms with Gasteiger partial charge in [0.25, 0.3) is 0 Å². The van der Waals surface area contributed by atoms with Crippen LogP contribution in [0.3, 0.4) is 0 Å². The van der Waals surface area contributed by atoms with Crippen LogP contribution in [0.15, 0.2) is 23.3 Å². The van der Waals surface area contributed by atoms with Crippen LogP contribution in [-0.4, -0.2) is 47.3 Å². The number of nitrogens with one attached hydrogen (secondary N) is 2. The van der Waals surface area contributed by atoms with Crippen molar-refractivity contribution in [3.05, 3.63) is 24.0 Å². The Kier molecular flexibility index (Phi) is 6.41. The molecule has 1 fully saturated rings. The van der Waals surface area contributed by atoms with E-state index in [1.54, 1.807) is 26.8 Å². The van der Waals surface area contributed by atoms with Crippen LogP contribution in [0.25, 0.3) is 0 Å². The van der Waals surface area contributed by atoms with Gasteiger partial charge in [0.05, 0.1) is 6.54 Å². The summed E-state index contributed by atoms with van der Waals surface area (Å²) in [6.45, 7) is 6.02. The number of nitrogens with two attached hydrogens (primary N) is 1. The minimum absolute atomic E-state index is 0.0943. The number of hydrogen-bond acceptors (Lipinski definition) is 7. The Morgan fingerprint density at radius 3 is 2.82 bits per heavy atom. The molecule has 0 aromatic heterocycles. The van der Waals surface area contributed by atoms with Crippen molar-refractivity contribution < 1.29 is 18.7 Å². The molecule has 1 saturated heterocycles. The van der Waals surface area contributed by atoms with Gasteiger partial charge in [-0.1, -0.05) is 6.07 Å². The number of amidine groups is 1. The highest BCUT2D eigenvalue weighted by Gasteiger charge is 2.31. The Morgan fingerprint density at radius 2 is 2.21 bits per heavy atom. The van der Waals surface area contributed by atoms with Gasteiger partial charge < -0.3 is 20.1 Å². The minimum atomic E-state index is -0.628. The third-order valence-electron chi connectivity index (χ3n) is 3.70. The topological polar surface area (TPSA) is 137 Å². The van der Waals surface area contributed by atoms with Crippen molar-refractivity contribution in [2.24, 2.45) is 10.8 Å². The zero-order valence-electron chi connectivity index (χ0n) is 16.0. The molecule has 4 N–H and O–H groups in total. The fourth-order valence-electron chi connectivity index (χ4n) is 2.46. The van der Waals surface area contributed by atoms with Gasteiger partial charge in [-0.25, -0.2) is 9.18 Å². The van der Waals surface area contributed by atoms with E-state index in [1.165, 1.54) is 23.1 Å². The Morgan fingerprint density at radius 1 is 1.50 bits per heavy atom. The number of hydrazone groups is 1. The number of halogens is 1. The normalized spacial score (nSPS) is 17.0. The van der Waals surface area contributed by atoms with Crippen LogP contribution in [0.1, 0.15) is 27.2 Å². The molecule has 10 heteroatoms. The third-order valence-corrected chi connectivity index (χ3v) is 3.70. The van der Waals surface area contributed by atoms with Crippen molar-refractivity contribution >= 4 is 23.3 Å².